The van der Waals surface area contributed by atoms with E-state index < -0.39 is 18.4 Å². The molecule has 2 rings (SSSR count). The molecule has 1 aromatic carbocycles. The molecule has 10 heteroatoms. The van der Waals surface area contributed by atoms with Gasteiger partial charge in [-0.3, -0.25) is 0 Å². The highest BCUT2D eigenvalue weighted by Crippen LogP contribution is 2.31. The molecule has 0 N–H and O–H groups in total. The zero-order valence-electron chi connectivity index (χ0n) is 9.90. The molecule has 0 amide bonds. The molecular formula is C10H7BrF4N4O. The topological polar surface area (TPSA) is 52.8 Å². The maximum absolute atomic E-state index is 12.7. The lowest BCUT2D eigenvalue weighted by Crippen LogP contribution is -2.14. The van der Waals surface area contributed by atoms with Crippen LogP contribution in [0.1, 0.15) is 12.7 Å². The van der Waals surface area contributed by atoms with E-state index in [-0.39, 0.29) is 15.9 Å². The van der Waals surface area contributed by atoms with Crippen molar-refractivity contribution in [3.05, 3.63) is 28.5 Å². The van der Waals surface area contributed by atoms with Crippen LogP contribution < -0.4 is 4.74 Å². The van der Waals surface area contributed by atoms with E-state index in [1.807, 2.05) is 0 Å². The minimum Gasteiger partial charge on any atom is -0.460 e. The number of hydrogen-bond acceptors (Lipinski definition) is 4. The van der Waals surface area contributed by atoms with E-state index in [2.05, 4.69) is 31.5 Å². The number of rotatable bonds is 3. The number of benzene rings is 1. The minimum atomic E-state index is -4.68. The van der Waals surface area contributed by atoms with E-state index in [9.17, 15) is 17.6 Å². The normalized spacial score (nSPS) is 13.3. The Kier molecular flexibility index (Phi) is 3.93. The molecule has 0 aliphatic heterocycles. The van der Waals surface area contributed by atoms with Gasteiger partial charge in [-0.2, -0.15) is 17.9 Å². The van der Waals surface area contributed by atoms with Crippen molar-refractivity contribution in [2.75, 3.05) is 0 Å². The summed E-state index contributed by atoms with van der Waals surface area (Å²) in [6, 6.07) is 3.90. The molecule has 0 aliphatic rings. The van der Waals surface area contributed by atoms with Crippen molar-refractivity contribution in [1.82, 2.24) is 20.2 Å². The molecule has 20 heavy (non-hydrogen) atoms. The predicted molar refractivity (Wildman–Crippen MR) is 63.1 cm³/mol. The monoisotopic (exact) mass is 354 g/mol. The average Bonchev–Trinajstić information content (AvgIpc) is 2.80. The lowest BCUT2D eigenvalue weighted by atomic mass is 10.3. The molecule has 5 nitrogen and oxygen atoms in total. The fourth-order valence-corrected chi connectivity index (χ4v) is 1.89. The van der Waals surface area contributed by atoms with Gasteiger partial charge in [0.15, 0.2) is 0 Å². The van der Waals surface area contributed by atoms with Crippen molar-refractivity contribution >= 4 is 15.9 Å². The first-order valence-corrected chi connectivity index (χ1v) is 6.04. The van der Waals surface area contributed by atoms with Gasteiger partial charge in [-0.05, 0) is 44.6 Å². The van der Waals surface area contributed by atoms with Crippen molar-refractivity contribution in [1.29, 1.82) is 0 Å². The van der Waals surface area contributed by atoms with E-state index in [1.54, 1.807) is 0 Å². The number of ether oxygens (including phenoxy) is 1. The summed E-state index contributed by atoms with van der Waals surface area (Å²) in [5.74, 6) is -1.10. The second kappa shape index (κ2) is 5.35. The molecule has 1 unspecified atom stereocenters. The smallest absolute Gasteiger partial charge is 0.453 e. The van der Waals surface area contributed by atoms with Gasteiger partial charge in [0.2, 0.25) is 6.36 Å². The second-order valence-corrected chi connectivity index (χ2v) is 4.54. The average molecular weight is 355 g/mol. The Morgan fingerprint density at radius 3 is 2.60 bits per heavy atom. The SMILES string of the molecule is CC(F)Oc1ccc(-n2nnnc2C(F)(F)F)cc1Br. The predicted octanol–water partition coefficient (Wildman–Crippen LogP) is 3.14. The lowest BCUT2D eigenvalue weighted by Gasteiger charge is -2.11. The highest BCUT2D eigenvalue weighted by atomic mass is 79.9. The summed E-state index contributed by atoms with van der Waals surface area (Å²) < 4.78 is 56.4. The molecule has 0 bridgehead atoms. The first-order chi connectivity index (χ1) is 9.29. The van der Waals surface area contributed by atoms with Gasteiger partial charge in [0, 0.05) is 6.92 Å². The zero-order chi connectivity index (χ0) is 14.9. The van der Waals surface area contributed by atoms with Crippen LogP contribution in [-0.2, 0) is 6.18 Å². The van der Waals surface area contributed by atoms with E-state index in [0.717, 1.165) is 0 Å². The zero-order valence-corrected chi connectivity index (χ0v) is 11.5. The van der Waals surface area contributed by atoms with Crippen LogP contribution in [0.15, 0.2) is 22.7 Å². The minimum absolute atomic E-state index is 0.0630. The van der Waals surface area contributed by atoms with Crippen LogP contribution in [0.2, 0.25) is 0 Å². The van der Waals surface area contributed by atoms with E-state index >= 15 is 0 Å². The molecule has 0 spiro atoms. The Labute approximate surface area is 118 Å². The van der Waals surface area contributed by atoms with Gasteiger partial charge in [0.05, 0.1) is 10.2 Å². The standard InChI is InChI=1S/C10H7BrF4N4O/c1-5(12)20-8-3-2-6(4-7(8)11)19-9(10(13,14)15)16-17-18-19/h2-5H,1H3. The fourth-order valence-electron chi connectivity index (χ4n) is 1.43. The summed E-state index contributed by atoms with van der Waals surface area (Å²) in [6.07, 6.45) is -6.23. The second-order valence-electron chi connectivity index (χ2n) is 3.69. The van der Waals surface area contributed by atoms with Crippen molar-refractivity contribution in [3.63, 3.8) is 0 Å². The molecule has 0 saturated heterocycles. The van der Waals surface area contributed by atoms with Crippen molar-refractivity contribution < 1.29 is 22.3 Å². The van der Waals surface area contributed by atoms with Crippen LogP contribution in [0.5, 0.6) is 5.75 Å². The van der Waals surface area contributed by atoms with Gasteiger partial charge in [-0.15, -0.1) is 5.10 Å². The molecular weight excluding hydrogens is 348 g/mol. The summed E-state index contributed by atoms with van der Waals surface area (Å²) in [7, 11) is 0. The Hall–Kier alpha value is -1.71. The van der Waals surface area contributed by atoms with Crippen LogP contribution in [0, 0.1) is 0 Å². The molecule has 0 saturated carbocycles. The van der Waals surface area contributed by atoms with Gasteiger partial charge < -0.3 is 4.74 Å². The van der Waals surface area contributed by atoms with E-state index in [4.69, 9.17) is 4.74 Å². The van der Waals surface area contributed by atoms with Crippen molar-refractivity contribution in [2.45, 2.75) is 19.5 Å². The summed E-state index contributed by atoms with van der Waals surface area (Å²) in [6.45, 7) is 1.18. The summed E-state index contributed by atoms with van der Waals surface area (Å²) >= 11 is 3.08. The van der Waals surface area contributed by atoms with Crippen LogP contribution in [0.4, 0.5) is 17.6 Å². The number of halogens is 5. The van der Waals surface area contributed by atoms with Crippen LogP contribution >= 0.6 is 15.9 Å². The highest BCUT2D eigenvalue weighted by molar-refractivity contribution is 9.10. The molecule has 1 heterocycles. The van der Waals surface area contributed by atoms with Crippen LogP contribution in [0.25, 0.3) is 5.69 Å². The van der Waals surface area contributed by atoms with Gasteiger partial charge in [0.25, 0.3) is 5.82 Å². The molecule has 1 aromatic heterocycles. The lowest BCUT2D eigenvalue weighted by molar-refractivity contribution is -0.146. The molecule has 1 atom stereocenters. The van der Waals surface area contributed by atoms with E-state index in [0.29, 0.717) is 4.68 Å². The summed E-state index contributed by atoms with van der Waals surface area (Å²) in [5, 5.41) is 9.22. The van der Waals surface area contributed by atoms with Crippen LogP contribution in [0.3, 0.4) is 0 Å². The number of aromatic nitrogens is 4. The molecule has 0 radical (unpaired) electrons. The Morgan fingerprint density at radius 1 is 1.35 bits per heavy atom. The molecule has 2 aromatic rings. The largest absolute Gasteiger partial charge is 0.460 e. The Bertz CT molecular complexity index is 614. The van der Waals surface area contributed by atoms with Gasteiger partial charge in [-0.25, -0.2) is 4.39 Å². The quantitative estimate of drug-likeness (QED) is 0.794. The third-order valence-electron chi connectivity index (χ3n) is 2.17. The third kappa shape index (κ3) is 3.06. The van der Waals surface area contributed by atoms with Crippen LogP contribution in [-0.4, -0.2) is 26.6 Å². The van der Waals surface area contributed by atoms with Gasteiger partial charge in [-0.1, -0.05) is 0 Å². The number of alkyl halides is 4. The number of hydrogen-bond donors (Lipinski definition) is 0. The van der Waals surface area contributed by atoms with Crippen molar-refractivity contribution in [2.24, 2.45) is 0 Å². The number of tetrazole rings is 1. The Balaban J connectivity index is 2.40. The fraction of sp³-hybridized carbons (Fsp3) is 0.300. The van der Waals surface area contributed by atoms with E-state index in [1.165, 1.54) is 25.1 Å². The third-order valence-corrected chi connectivity index (χ3v) is 2.79. The number of nitrogens with zero attached hydrogens (tertiary/aromatic N) is 4. The maximum Gasteiger partial charge on any atom is 0.453 e. The summed E-state index contributed by atoms with van der Waals surface area (Å²) in [4.78, 5) is 0. The molecule has 0 fully saturated rings. The highest BCUT2D eigenvalue weighted by Gasteiger charge is 2.38. The summed E-state index contributed by atoms with van der Waals surface area (Å²) in [5.41, 5.74) is 0.0630. The first-order valence-electron chi connectivity index (χ1n) is 5.25. The van der Waals surface area contributed by atoms with Crippen molar-refractivity contribution in [3.8, 4) is 11.4 Å². The first kappa shape index (κ1) is 14.7. The molecule has 108 valence electrons. The van der Waals surface area contributed by atoms with Gasteiger partial charge in [0.1, 0.15) is 5.75 Å². The maximum atomic E-state index is 12.7. The Morgan fingerprint density at radius 2 is 2.05 bits per heavy atom. The molecule has 0 aliphatic carbocycles. The van der Waals surface area contributed by atoms with Gasteiger partial charge >= 0.3 is 6.18 Å².